The van der Waals surface area contributed by atoms with Crippen LogP contribution in [0.25, 0.3) is 0 Å². The van der Waals surface area contributed by atoms with E-state index in [1.807, 2.05) is 4.90 Å². The number of carbonyl (C=O) groups excluding carboxylic acids is 1. The number of hydrogen-bond donors (Lipinski definition) is 0. The summed E-state index contributed by atoms with van der Waals surface area (Å²) in [6, 6.07) is 0. The molecule has 22 heavy (non-hydrogen) atoms. The third kappa shape index (κ3) is 3.29. The fourth-order valence-electron chi connectivity index (χ4n) is 2.65. The maximum Gasteiger partial charge on any atom is 0.244 e. The molecule has 1 amide bonds. The minimum atomic E-state index is 0.00490. The summed E-state index contributed by atoms with van der Waals surface area (Å²) in [5.41, 5.74) is 0. The Morgan fingerprint density at radius 2 is 2.41 bits per heavy atom. The van der Waals surface area contributed by atoms with Gasteiger partial charge in [-0.1, -0.05) is 12.1 Å². The largest absolute Gasteiger partial charge is 0.340 e. The van der Waals surface area contributed by atoms with Crippen LogP contribution in [0.5, 0.6) is 0 Å². The van der Waals surface area contributed by atoms with Crippen molar-refractivity contribution in [2.45, 2.75) is 45.1 Å². The summed E-state index contributed by atoms with van der Waals surface area (Å²) in [6.07, 6.45) is 5.13. The van der Waals surface area contributed by atoms with E-state index in [-0.39, 0.29) is 18.4 Å². The first-order valence-corrected chi connectivity index (χ1v) is 7.57. The lowest BCUT2D eigenvalue weighted by Crippen LogP contribution is -2.41. The van der Waals surface area contributed by atoms with Gasteiger partial charge in [0.05, 0.1) is 5.92 Å². The summed E-state index contributed by atoms with van der Waals surface area (Å²) >= 11 is 0. The van der Waals surface area contributed by atoms with E-state index in [1.165, 1.54) is 11.0 Å². The van der Waals surface area contributed by atoms with Crippen molar-refractivity contribution in [3.8, 4) is 0 Å². The molecule has 0 aromatic carbocycles. The third-order valence-corrected chi connectivity index (χ3v) is 3.77. The molecule has 9 nitrogen and oxygen atoms in total. The topological polar surface area (TPSA) is 103 Å². The van der Waals surface area contributed by atoms with E-state index in [9.17, 15) is 4.79 Å². The lowest BCUT2D eigenvalue weighted by atomic mass is 9.98. The number of piperidine rings is 1. The summed E-state index contributed by atoms with van der Waals surface area (Å²) in [4.78, 5) is 18.6. The first-order chi connectivity index (χ1) is 10.8. The average Bonchev–Trinajstić information content (AvgIpc) is 3.19. The van der Waals surface area contributed by atoms with Gasteiger partial charge in [0, 0.05) is 19.5 Å². The number of aryl methyl sites for hydroxylation is 1. The Kier molecular flexibility index (Phi) is 4.40. The highest BCUT2D eigenvalue weighted by Crippen LogP contribution is 2.26. The van der Waals surface area contributed by atoms with Crippen molar-refractivity contribution in [2.75, 3.05) is 13.1 Å². The lowest BCUT2D eigenvalue weighted by molar-refractivity contribution is -0.133. The van der Waals surface area contributed by atoms with E-state index in [0.717, 1.165) is 38.1 Å². The fraction of sp³-hybridized carbons (Fsp3) is 0.692. The van der Waals surface area contributed by atoms with Crippen LogP contribution in [0.2, 0.25) is 0 Å². The van der Waals surface area contributed by atoms with Crippen molar-refractivity contribution < 1.29 is 9.32 Å². The van der Waals surface area contributed by atoms with Gasteiger partial charge in [-0.2, -0.15) is 4.98 Å². The van der Waals surface area contributed by atoms with E-state index >= 15 is 0 Å². The van der Waals surface area contributed by atoms with Gasteiger partial charge >= 0.3 is 0 Å². The summed E-state index contributed by atoms with van der Waals surface area (Å²) in [5.74, 6) is 1.51. The van der Waals surface area contributed by atoms with Crippen LogP contribution >= 0.6 is 0 Å². The second-order valence-electron chi connectivity index (χ2n) is 5.49. The van der Waals surface area contributed by atoms with Gasteiger partial charge < -0.3 is 9.42 Å². The van der Waals surface area contributed by atoms with E-state index < -0.39 is 0 Å². The summed E-state index contributed by atoms with van der Waals surface area (Å²) in [7, 11) is 0. The monoisotopic (exact) mass is 305 g/mol. The molecule has 3 rings (SSSR count). The first-order valence-electron chi connectivity index (χ1n) is 7.57. The highest BCUT2D eigenvalue weighted by molar-refractivity contribution is 5.76. The van der Waals surface area contributed by atoms with E-state index in [0.29, 0.717) is 12.4 Å². The molecule has 2 aromatic rings. The Labute approximate surface area is 127 Å². The van der Waals surface area contributed by atoms with Crippen molar-refractivity contribution >= 4 is 5.91 Å². The van der Waals surface area contributed by atoms with Gasteiger partial charge in [-0.3, -0.25) is 4.79 Å². The number of likely N-dealkylation sites (tertiary alicyclic amines) is 1. The maximum atomic E-state index is 12.3. The van der Waals surface area contributed by atoms with Gasteiger partial charge in [-0.25, -0.2) is 4.68 Å². The molecule has 3 heterocycles. The van der Waals surface area contributed by atoms with Gasteiger partial charge in [-0.15, -0.1) is 5.10 Å². The predicted molar refractivity (Wildman–Crippen MR) is 74.7 cm³/mol. The van der Waals surface area contributed by atoms with Crippen LogP contribution in [0, 0.1) is 0 Å². The quantitative estimate of drug-likeness (QED) is 0.788. The van der Waals surface area contributed by atoms with Gasteiger partial charge in [0.2, 0.25) is 11.8 Å². The van der Waals surface area contributed by atoms with Crippen LogP contribution in [0.1, 0.15) is 43.8 Å². The van der Waals surface area contributed by atoms with Crippen LogP contribution in [0.4, 0.5) is 0 Å². The van der Waals surface area contributed by atoms with Crippen LogP contribution in [-0.2, 0) is 17.8 Å². The summed E-state index contributed by atoms with van der Waals surface area (Å²) in [6.45, 7) is 3.59. The molecule has 0 spiro atoms. The predicted octanol–water partition coefficient (Wildman–Crippen LogP) is 0.415. The lowest BCUT2D eigenvalue weighted by Gasteiger charge is -2.30. The third-order valence-electron chi connectivity index (χ3n) is 3.77. The minimum absolute atomic E-state index is 0.00490. The number of hydrogen-bond acceptors (Lipinski definition) is 7. The zero-order chi connectivity index (χ0) is 15.4. The molecule has 0 aliphatic carbocycles. The van der Waals surface area contributed by atoms with E-state index in [2.05, 4.69) is 32.6 Å². The van der Waals surface area contributed by atoms with Crippen molar-refractivity contribution in [2.24, 2.45) is 0 Å². The molecule has 1 aliphatic rings. The first kappa shape index (κ1) is 14.6. The summed E-state index contributed by atoms with van der Waals surface area (Å²) in [5, 5.41) is 14.8. The van der Waals surface area contributed by atoms with Gasteiger partial charge in [-0.05, 0) is 29.7 Å². The second kappa shape index (κ2) is 6.63. The number of aromatic nitrogens is 6. The normalized spacial score (nSPS) is 18.6. The molecule has 118 valence electrons. The smallest absolute Gasteiger partial charge is 0.244 e. The highest BCUT2D eigenvalue weighted by atomic mass is 16.5. The van der Waals surface area contributed by atoms with Crippen LogP contribution in [0.3, 0.4) is 0 Å². The van der Waals surface area contributed by atoms with E-state index in [4.69, 9.17) is 4.52 Å². The SMILES string of the molecule is CCCc1noc([C@@H]2CCCN(C(=O)Cn3cnnn3)C2)n1. The Morgan fingerprint density at radius 3 is 3.18 bits per heavy atom. The van der Waals surface area contributed by atoms with Crippen molar-refractivity contribution in [1.82, 2.24) is 35.2 Å². The molecule has 0 N–H and O–H groups in total. The second-order valence-corrected chi connectivity index (χ2v) is 5.49. The number of carbonyl (C=O) groups is 1. The van der Waals surface area contributed by atoms with Crippen molar-refractivity contribution in [1.29, 1.82) is 0 Å². The number of nitrogens with zero attached hydrogens (tertiary/aromatic N) is 7. The zero-order valence-corrected chi connectivity index (χ0v) is 12.6. The van der Waals surface area contributed by atoms with Crippen molar-refractivity contribution in [3.05, 3.63) is 18.0 Å². The molecule has 0 radical (unpaired) electrons. The molecule has 1 aliphatic heterocycles. The van der Waals surface area contributed by atoms with Gasteiger partial charge in [0.1, 0.15) is 12.9 Å². The molecule has 0 bridgehead atoms. The fourth-order valence-corrected chi connectivity index (χ4v) is 2.65. The highest BCUT2D eigenvalue weighted by Gasteiger charge is 2.28. The molecule has 0 unspecified atom stereocenters. The summed E-state index contributed by atoms with van der Waals surface area (Å²) < 4.78 is 6.78. The number of amides is 1. The zero-order valence-electron chi connectivity index (χ0n) is 12.6. The number of tetrazole rings is 1. The van der Waals surface area contributed by atoms with E-state index in [1.54, 1.807) is 0 Å². The minimum Gasteiger partial charge on any atom is -0.340 e. The van der Waals surface area contributed by atoms with Gasteiger partial charge in [0.15, 0.2) is 5.82 Å². The standard InChI is InChI=1S/C13H19N7O2/c1-2-4-11-15-13(22-16-11)10-5-3-6-19(7-10)12(21)8-20-9-14-17-18-20/h9-10H,2-8H2,1H3/t10-/m1/s1. The molecule has 1 saturated heterocycles. The van der Waals surface area contributed by atoms with Crippen LogP contribution < -0.4 is 0 Å². The molecule has 1 fully saturated rings. The molecule has 2 aromatic heterocycles. The Hall–Kier alpha value is -2.32. The van der Waals surface area contributed by atoms with Crippen molar-refractivity contribution in [3.63, 3.8) is 0 Å². The molecule has 1 atom stereocenters. The molecular formula is C13H19N7O2. The van der Waals surface area contributed by atoms with Crippen LogP contribution in [0.15, 0.2) is 10.9 Å². The molecule has 9 heteroatoms. The average molecular weight is 305 g/mol. The van der Waals surface area contributed by atoms with Crippen LogP contribution in [-0.4, -0.2) is 54.2 Å². The van der Waals surface area contributed by atoms with Gasteiger partial charge in [0.25, 0.3) is 0 Å². The molecule has 0 saturated carbocycles. The molecular weight excluding hydrogens is 286 g/mol. The Balaban J connectivity index is 1.61. The maximum absolute atomic E-state index is 12.3. The Bertz CT molecular complexity index is 610. The number of rotatable bonds is 5. The Morgan fingerprint density at radius 1 is 1.50 bits per heavy atom.